The summed E-state index contributed by atoms with van der Waals surface area (Å²) >= 11 is 6.03. The highest BCUT2D eigenvalue weighted by atomic mass is 35.5. The lowest BCUT2D eigenvalue weighted by Gasteiger charge is -2.29. The summed E-state index contributed by atoms with van der Waals surface area (Å²) in [5.74, 6) is 0.328. The fraction of sp³-hybridized carbons (Fsp3) is 0.632. The van der Waals surface area contributed by atoms with Crippen molar-refractivity contribution < 1.29 is 19.1 Å². The molecule has 1 aliphatic carbocycles. The van der Waals surface area contributed by atoms with Gasteiger partial charge in [-0.25, -0.2) is 14.0 Å². The van der Waals surface area contributed by atoms with Crippen LogP contribution >= 0.6 is 11.8 Å². The van der Waals surface area contributed by atoms with Gasteiger partial charge in [0.25, 0.3) is 0 Å². The smallest absolute Gasteiger partial charge is 0.425 e. The van der Waals surface area contributed by atoms with Crippen LogP contribution in [0.2, 0.25) is 0 Å². The van der Waals surface area contributed by atoms with E-state index in [-0.39, 0.29) is 18.7 Å². The average Bonchev–Trinajstić information content (AvgIpc) is 3.23. The second kappa shape index (κ2) is 9.78. The van der Waals surface area contributed by atoms with Crippen LogP contribution < -0.4 is 0 Å². The number of carbonyl (C=O) groups excluding carboxylic acids is 2. The van der Waals surface area contributed by atoms with Gasteiger partial charge in [-0.3, -0.25) is 4.98 Å². The molecular formula is C19H26ClN3O4. The SMILES string of the molecule is O=C(OC1CCC(COC(=O)N2CCCC2)CC1)N(Cl)Cc1cccnc1. The minimum absolute atomic E-state index is 0.141. The van der Waals surface area contributed by atoms with Gasteiger partial charge in [0.2, 0.25) is 0 Å². The van der Waals surface area contributed by atoms with Crippen molar-refractivity contribution in [2.45, 2.75) is 51.2 Å². The Morgan fingerprint density at radius 1 is 1.22 bits per heavy atom. The van der Waals surface area contributed by atoms with Gasteiger partial charge in [0.1, 0.15) is 6.10 Å². The number of halogens is 1. The van der Waals surface area contributed by atoms with Crippen LogP contribution in [-0.2, 0) is 16.0 Å². The average molecular weight is 396 g/mol. The highest BCUT2D eigenvalue weighted by molar-refractivity contribution is 6.20. The molecule has 2 fully saturated rings. The molecule has 1 saturated carbocycles. The number of aromatic nitrogens is 1. The summed E-state index contributed by atoms with van der Waals surface area (Å²) in [5.41, 5.74) is 0.841. The number of likely N-dealkylation sites (tertiary alicyclic amines) is 1. The van der Waals surface area contributed by atoms with E-state index in [1.807, 2.05) is 6.07 Å². The molecule has 0 unspecified atom stereocenters. The summed E-state index contributed by atoms with van der Waals surface area (Å²) in [7, 11) is 0. The van der Waals surface area contributed by atoms with Crippen LogP contribution in [0, 0.1) is 5.92 Å². The van der Waals surface area contributed by atoms with E-state index in [9.17, 15) is 9.59 Å². The van der Waals surface area contributed by atoms with Crippen molar-refractivity contribution in [3.8, 4) is 0 Å². The maximum atomic E-state index is 12.1. The molecule has 148 valence electrons. The minimum atomic E-state index is -0.538. The molecule has 0 atom stereocenters. The molecule has 0 radical (unpaired) electrons. The molecule has 2 heterocycles. The van der Waals surface area contributed by atoms with Crippen LogP contribution in [-0.4, -0.2) is 52.3 Å². The summed E-state index contributed by atoms with van der Waals surface area (Å²) in [6.07, 6.45) is 7.83. The first-order valence-electron chi connectivity index (χ1n) is 9.56. The molecule has 7 nitrogen and oxygen atoms in total. The number of carbonyl (C=O) groups is 2. The van der Waals surface area contributed by atoms with Crippen molar-refractivity contribution in [2.75, 3.05) is 19.7 Å². The summed E-state index contributed by atoms with van der Waals surface area (Å²) in [6, 6.07) is 3.65. The van der Waals surface area contributed by atoms with Gasteiger partial charge in [0.05, 0.1) is 13.2 Å². The monoisotopic (exact) mass is 395 g/mol. The summed E-state index contributed by atoms with van der Waals surface area (Å²) in [6.45, 7) is 2.29. The van der Waals surface area contributed by atoms with Gasteiger partial charge in [-0.15, -0.1) is 0 Å². The minimum Gasteiger partial charge on any atom is -0.449 e. The number of rotatable bonds is 5. The number of amides is 2. The molecular weight excluding hydrogens is 370 g/mol. The van der Waals surface area contributed by atoms with Gasteiger partial charge in [-0.1, -0.05) is 6.07 Å². The molecule has 8 heteroatoms. The Labute approximate surface area is 164 Å². The lowest BCUT2D eigenvalue weighted by molar-refractivity contribution is 0.0359. The van der Waals surface area contributed by atoms with Gasteiger partial charge in [0, 0.05) is 37.3 Å². The third-order valence-electron chi connectivity index (χ3n) is 5.11. The van der Waals surface area contributed by atoms with Crippen LogP contribution in [0.3, 0.4) is 0 Å². The zero-order valence-electron chi connectivity index (χ0n) is 15.4. The largest absolute Gasteiger partial charge is 0.449 e. The molecule has 1 aromatic heterocycles. The molecule has 0 spiro atoms. The molecule has 3 rings (SSSR count). The van der Waals surface area contributed by atoms with Crippen molar-refractivity contribution in [1.82, 2.24) is 14.3 Å². The summed E-state index contributed by atoms with van der Waals surface area (Å²) < 4.78 is 12.0. The standard InChI is InChI=1S/C19H26ClN3O4/c20-23(13-16-4-3-9-21-12-16)19(25)27-17-7-5-15(6-8-17)14-26-18(24)22-10-1-2-11-22/h3-4,9,12,15,17H,1-2,5-8,10-11,13-14H2. The highest BCUT2D eigenvalue weighted by Crippen LogP contribution is 2.27. The maximum absolute atomic E-state index is 12.1. The highest BCUT2D eigenvalue weighted by Gasteiger charge is 2.27. The fourth-order valence-electron chi connectivity index (χ4n) is 3.51. The van der Waals surface area contributed by atoms with E-state index in [2.05, 4.69) is 4.98 Å². The number of hydrogen-bond acceptors (Lipinski definition) is 5. The van der Waals surface area contributed by atoms with Gasteiger partial charge >= 0.3 is 12.2 Å². The van der Waals surface area contributed by atoms with E-state index in [4.69, 9.17) is 21.3 Å². The Morgan fingerprint density at radius 2 is 1.96 bits per heavy atom. The predicted octanol–water partition coefficient (Wildman–Crippen LogP) is 3.97. The van der Waals surface area contributed by atoms with Crippen LogP contribution in [0.15, 0.2) is 24.5 Å². The number of hydrogen-bond donors (Lipinski definition) is 0. The maximum Gasteiger partial charge on any atom is 0.425 e. The van der Waals surface area contributed by atoms with Crippen molar-refractivity contribution in [3.05, 3.63) is 30.1 Å². The summed E-state index contributed by atoms with van der Waals surface area (Å²) in [5, 5.41) is 0. The van der Waals surface area contributed by atoms with Gasteiger partial charge in [0.15, 0.2) is 0 Å². The third kappa shape index (κ3) is 5.99. The summed E-state index contributed by atoms with van der Waals surface area (Å²) in [4.78, 5) is 29.8. The first-order valence-corrected chi connectivity index (χ1v) is 9.90. The van der Waals surface area contributed by atoms with Crippen LogP contribution in [0.25, 0.3) is 0 Å². The number of ether oxygens (including phenoxy) is 2. The third-order valence-corrected chi connectivity index (χ3v) is 5.37. The van der Waals surface area contributed by atoms with E-state index in [1.165, 1.54) is 0 Å². The van der Waals surface area contributed by atoms with Crippen molar-refractivity contribution in [3.63, 3.8) is 0 Å². The normalized spacial score (nSPS) is 22.3. The van der Waals surface area contributed by atoms with E-state index in [0.29, 0.717) is 12.5 Å². The molecule has 0 N–H and O–H groups in total. The lowest BCUT2D eigenvalue weighted by Crippen LogP contribution is -2.33. The van der Waals surface area contributed by atoms with Crippen molar-refractivity contribution in [2.24, 2.45) is 5.92 Å². The van der Waals surface area contributed by atoms with Gasteiger partial charge in [-0.2, -0.15) is 0 Å². The second-order valence-corrected chi connectivity index (χ2v) is 7.59. The van der Waals surface area contributed by atoms with Gasteiger partial charge < -0.3 is 14.4 Å². The van der Waals surface area contributed by atoms with Crippen LogP contribution in [0.5, 0.6) is 0 Å². The van der Waals surface area contributed by atoms with Crippen molar-refractivity contribution >= 4 is 24.0 Å². The molecule has 1 aliphatic heterocycles. The first-order chi connectivity index (χ1) is 13.1. The van der Waals surface area contributed by atoms with Crippen molar-refractivity contribution in [1.29, 1.82) is 0 Å². The Hall–Kier alpha value is -2.02. The zero-order valence-corrected chi connectivity index (χ0v) is 16.1. The Morgan fingerprint density at radius 3 is 2.63 bits per heavy atom. The van der Waals surface area contributed by atoms with E-state index >= 15 is 0 Å². The lowest BCUT2D eigenvalue weighted by atomic mass is 9.88. The zero-order chi connectivity index (χ0) is 19.1. The Balaban J connectivity index is 1.33. The Bertz CT molecular complexity index is 617. The van der Waals surface area contributed by atoms with E-state index in [0.717, 1.165) is 61.6 Å². The molecule has 1 aromatic rings. The molecule has 1 saturated heterocycles. The predicted molar refractivity (Wildman–Crippen MR) is 100 cm³/mol. The quantitative estimate of drug-likeness (QED) is 0.705. The molecule has 0 aromatic carbocycles. The second-order valence-electron chi connectivity index (χ2n) is 7.18. The van der Waals surface area contributed by atoms with Gasteiger partial charge in [-0.05, 0) is 56.1 Å². The number of nitrogens with zero attached hydrogens (tertiary/aromatic N) is 3. The van der Waals surface area contributed by atoms with Crippen LogP contribution in [0.4, 0.5) is 9.59 Å². The first kappa shape index (κ1) is 19.7. The van der Waals surface area contributed by atoms with E-state index in [1.54, 1.807) is 23.4 Å². The molecule has 2 amide bonds. The molecule has 0 bridgehead atoms. The number of pyridine rings is 1. The molecule has 27 heavy (non-hydrogen) atoms. The topological polar surface area (TPSA) is 72.0 Å². The molecule has 2 aliphatic rings. The fourth-order valence-corrected chi connectivity index (χ4v) is 3.69. The van der Waals surface area contributed by atoms with E-state index < -0.39 is 6.09 Å². The van der Waals surface area contributed by atoms with Crippen LogP contribution in [0.1, 0.15) is 44.1 Å². The Kier molecular flexibility index (Phi) is 7.15.